The molecule has 5 nitrogen and oxygen atoms in total. The Morgan fingerprint density at radius 1 is 1.25 bits per heavy atom. The quantitative estimate of drug-likeness (QED) is 0.544. The van der Waals surface area contributed by atoms with E-state index in [0.717, 1.165) is 24.6 Å². The Hall–Kier alpha value is -2.04. The lowest BCUT2D eigenvalue weighted by Crippen LogP contribution is -2.39. The molecule has 0 saturated carbocycles. The zero-order chi connectivity index (χ0) is 15.0. The molecular weight excluding hydrogens is 252 g/mol. The first-order chi connectivity index (χ1) is 9.52. The number of rotatable bonds is 6. The van der Waals surface area contributed by atoms with Crippen molar-refractivity contribution in [2.24, 2.45) is 16.6 Å². The van der Waals surface area contributed by atoms with E-state index in [-0.39, 0.29) is 0 Å². The van der Waals surface area contributed by atoms with E-state index in [2.05, 4.69) is 29.5 Å². The first-order valence-electron chi connectivity index (χ1n) is 6.93. The minimum Gasteiger partial charge on any atom is -0.366 e. The van der Waals surface area contributed by atoms with E-state index >= 15 is 0 Å². The summed E-state index contributed by atoms with van der Waals surface area (Å²) in [7, 11) is 0. The molecule has 0 heterocycles. The van der Waals surface area contributed by atoms with Crippen molar-refractivity contribution in [1.82, 2.24) is 10.6 Å². The van der Waals surface area contributed by atoms with Crippen molar-refractivity contribution >= 4 is 11.9 Å². The van der Waals surface area contributed by atoms with Gasteiger partial charge in [-0.25, -0.2) is 4.99 Å². The number of nitrogens with zero attached hydrogens (tertiary/aromatic N) is 1. The molecule has 0 aromatic heterocycles. The maximum atomic E-state index is 11.0. The monoisotopic (exact) mass is 276 g/mol. The molecule has 0 aliphatic rings. The van der Waals surface area contributed by atoms with Gasteiger partial charge in [-0.1, -0.05) is 26.0 Å². The molecule has 5 heteroatoms. The van der Waals surface area contributed by atoms with E-state index in [1.165, 1.54) is 0 Å². The number of nitrogens with one attached hydrogen (secondary N) is 2. The Bertz CT molecular complexity index is 451. The van der Waals surface area contributed by atoms with E-state index in [0.29, 0.717) is 18.0 Å². The lowest BCUT2D eigenvalue weighted by molar-refractivity contribution is 0.100. The van der Waals surface area contributed by atoms with Gasteiger partial charge < -0.3 is 16.4 Å². The van der Waals surface area contributed by atoms with Crippen molar-refractivity contribution in [2.45, 2.75) is 27.3 Å². The zero-order valence-electron chi connectivity index (χ0n) is 12.4. The van der Waals surface area contributed by atoms with Crippen molar-refractivity contribution in [3.05, 3.63) is 35.4 Å². The molecular formula is C15H24N4O. The SMILES string of the molecule is CCNC(=NCc1ccc(C(N)=O)cc1)NCC(C)C. The van der Waals surface area contributed by atoms with Crippen molar-refractivity contribution < 1.29 is 4.79 Å². The van der Waals surface area contributed by atoms with E-state index < -0.39 is 5.91 Å². The summed E-state index contributed by atoms with van der Waals surface area (Å²) in [5.41, 5.74) is 6.76. The molecule has 20 heavy (non-hydrogen) atoms. The van der Waals surface area contributed by atoms with Gasteiger partial charge in [0.1, 0.15) is 0 Å². The number of hydrogen-bond acceptors (Lipinski definition) is 2. The molecule has 1 amide bonds. The fourth-order valence-electron chi connectivity index (χ4n) is 1.59. The number of benzene rings is 1. The van der Waals surface area contributed by atoms with Crippen LogP contribution in [0, 0.1) is 5.92 Å². The van der Waals surface area contributed by atoms with Crippen molar-refractivity contribution in [3.63, 3.8) is 0 Å². The number of carbonyl (C=O) groups is 1. The third-order valence-electron chi connectivity index (χ3n) is 2.68. The van der Waals surface area contributed by atoms with Crippen LogP contribution in [-0.2, 0) is 6.54 Å². The smallest absolute Gasteiger partial charge is 0.248 e. The highest BCUT2D eigenvalue weighted by Gasteiger charge is 2.01. The van der Waals surface area contributed by atoms with Gasteiger partial charge in [0.05, 0.1) is 6.54 Å². The summed E-state index contributed by atoms with van der Waals surface area (Å²) >= 11 is 0. The van der Waals surface area contributed by atoms with Crippen LogP contribution in [0.5, 0.6) is 0 Å². The fourth-order valence-corrected chi connectivity index (χ4v) is 1.59. The van der Waals surface area contributed by atoms with Gasteiger partial charge in [-0.3, -0.25) is 4.79 Å². The maximum Gasteiger partial charge on any atom is 0.248 e. The van der Waals surface area contributed by atoms with Gasteiger partial charge in [-0.05, 0) is 30.5 Å². The lowest BCUT2D eigenvalue weighted by atomic mass is 10.1. The average molecular weight is 276 g/mol. The Morgan fingerprint density at radius 3 is 2.40 bits per heavy atom. The molecule has 1 aromatic carbocycles. The molecule has 0 radical (unpaired) electrons. The number of amides is 1. The lowest BCUT2D eigenvalue weighted by Gasteiger charge is -2.12. The topological polar surface area (TPSA) is 79.5 Å². The summed E-state index contributed by atoms with van der Waals surface area (Å²) in [4.78, 5) is 15.5. The molecule has 1 rings (SSSR count). The van der Waals surface area contributed by atoms with Crippen LogP contribution in [0.25, 0.3) is 0 Å². The largest absolute Gasteiger partial charge is 0.366 e. The van der Waals surface area contributed by atoms with E-state index in [1.54, 1.807) is 12.1 Å². The van der Waals surface area contributed by atoms with Crippen LogP contribution in [0.15, 0.2) is 29.3 Å². The third-order valence-corrected chi connectivity index (χ3v) is 2.68. The van der Waals surface area contributed by atoms with Crippen LogP contribution in [0.3, 0.4) is 0 Å². The van der Waals surface area contributed by atoms with Gasteiger partial charge in [-0.15, -0.1) is 0 Å². The van der Waals surface area contributed by atoms with Crippen molar-refractivity contribution in [2.75, 3.05) is 13.1 Å². The van der Waals surface area contributed by atoms with Gasteiger partial charge in [0.15, 0.2) is 5.96 Å². The molecule has 110 valence electrons. The van der Waals surface area contributed by atoms with E-state index in [9.17, 15) is 4.79 Å². The third kappa shape index (κ3) is 5.73. The summed E-state index contributed by atoms with van der Waals surface area (Å²) < 4.78 is 0. The molecule has 0 saturated heterocycles. The second-order valence-corrected chi connectivity index (χ2v) is 5.03. The van der Waals surface area contributed by atoms with Crippen molar-refractivity contribution in [3.8, 4) is 0 Å². The van der Waals surface area contributed by atoms with E-state index in [1.807, 2.05) is 19.1 Å². The average Bonchev–Trinajstić information content (AvgIpc) is 2.42. The Kier molecular flexibility index (Phi) is 6.56. The molecule has 0 spiro atoms. The maximum absolute atomic E-state index is 11.0. The molecule has 0 unspecified atom stereocenters. The highest BCUT2D eigenvalue weighted by molar-refractivity contribution is 5.92. The summed E-state index contributed by atoms with van der Waals surface area (Å²) in [6.07, 6.45) is 0. The normalized spacial score (nSPS) is 11.5. The van der Waals surface area contributed by atoms with Crippen LogP contribution in [0.4, 0.5) is 0 Å². The zero-order valence-corrected chi connectivity index (χ0v) is 12.4. The number of aliphatic imine (C=N–C) groups is 1. The second kappa shape index (κ2) is 8.19. The van der Waals surface area contributed by atoms with Crippen molar-refractivity contribution in [1.29, 1.82) is 0 Å². The molecule has 0 aliphatic carbocycles. The Morgan fingerprint density at radius 2 is 1.90 bits per heavy atom. The van der Waals surface area contributed by atoms with E-state index in [4.69, 9.17) is 5.73 Å². The summed E-state index contributed by atoms with van der Waals surface area (Å²) in [6, 6.07) is 7.19. The Balaban J connectivity index is 2.63. The first-order valence-corrected chi connectivity index (χ1v) is 6.93. The van der Waals surface area contributed by atoms with Gasteiger partial charge in [0, 0.05) is 18.7 Å². The minimum atomic E-state index is -0.410. The summed E-state index contributed by atoms with van der Waals surface area (Å²) in [5.74, 6) is 0.959. The molecule has 1 aromatic rings. The van der Waals surface area contributed by atoms with Gasteiger partial charge in [-0.2, -0.15) is 0 Å². The summed E-state index contributed by atoms with van der Waals surface area (Å²) in [5, 5.41) is 6.49. The molecule has 0 aliphatic heterocycles. The molecule has 0 bridgehead atoms. The van der Waals surface area contributed by atoms with Gasteiger partial charge in [0.2, 0.25) is 5.91 Å². The number of guanidine groups is 1. The van der Waals surface area contributed by atoms with Crippen LogP contribution in [-0.4, -0.2) is 25.0 Å². The predicted molar refractivity (Wildman–Crippen MR) is 82.6 cm³/mol. The highest BCUT2D eigenvalue weighted by atomic mass is 16.1. The van der Waals surface area contributed by atoms with Crippen LogP contribution in [0.1, 0.15) is 36.7 Å². The van der Waals surface area contributed by atoms with Gasteiger partial charge in [0.25, 0.3) is 0 Å². The number of hydrogen-bond donors (Lipinski definition) is 3. The molecule has 0 atom stereocenters. The number of carbonyl (C=O) groups excluding carboxylic acids is 1. The van der Waals surface area contributed by atoms with Crippen LogP contribution < -0.4 is 16.4 Å². The molecule has 4 N–H and O–H groups in total. The van der Waals surface area contributed by atoms with Gasteiger partial charge >= 0.3 is 0 Å². The van der Waals surface area contributed by atoms with Crippen LogP contribution >= 0.6 is 0 Å². The highest BCUT2D eigenvalue weighted by Crippen LogP contribution is 2.05. The summed E-state index contributed by atoms with van der Waals surface area (Å²) in [6.45, 7) is 8.61. The standard InChI is InChI=1S/C15H24N4O/c1-4-17-15(18-9-11(2)3)19-10-12-5-7-13(8-6-12)14(16)20/h5-8,11H,4,9-10H2,1-3H3,(H2,16,20)(H2,17,18,19). The number of primary amides is 1. The number of nitrogens with two attached hydrogens (primary N) is 1. The minimum absolute atomic E-state index is 0.410. The first kappa shape index (κ1) is 16.0. The predicted octanol–water partition coefficient (Wildman–Crippen LogP) is 1.50. The fraction of sp³-hybridized carbons (Fsp3) is 0.467. The van der Waals surface area contributed by atoms with Crippen LogP contribution in [0.2, 0.25) is 0 Å². The Labute approximate surface area is 120 Å². The second-order valence-electron chi connectivity index (χ2n) is 5.03. The molecule has 0 fully saturated rings.